The Morgan fingerprint density at radius 3 is 3.06 bits per heavy atom. The fourth-order valence-electron chi connectivity index (χ4n) is 1.57. The van der Waals surface area contributed by atoms with Crippen LogP contribution in [0.1, 0.15) is 17.8 Å². The number of nitro groups is 1. The van der Waals surface area contributed by atoms with Gasteiger partial charge in [0.2, 0.25) is 0 Å². The highest BCUT2D eigenvalue weighted by molar-refractivity contribution is 7.09. The topological polar surface area (TPSA) is 68.1 Å². The van der Waals surface area contributed by atoms with Crippen molar-refractivity contribution in [1.82, 2.24) is 4.98 Å². The van der Waals surface area contributed by atoms with Crippen LogP contribution in [0, 0.1) is 10.1 Å². The zero-order chi connectivity index (χ0) is 13.0. The molecule has 1 aromatic carbocycles. The lowest BCUT2D eigenvalue weighted by Crippen LogP contribution is -2.09. The van der Waals surface area contributed by atoms with E-state index in [0.29, 0.717) is 6.54 Å². The molecule has 94 valence electrons. The van der Waals surface area contributed by atoms with Crippen LogP contribution < -0.4 is 5.32 Å². The Morgan fingerprint density at radius 2 is 2.39 bits per heavy atom. The number of rotatable bonds is 5. The zero-order valence-corrected chi connectivity index (χ0v) is 10.7. The zero-order valence-electron chi connectivity index (χ0n) is 9.87. The van der Waals surface area contributed by atoms with Crippen LogP contribution in [0.2, 0.25) is 0 Å². The van der Waals surface area contributed by atoms with Crippen molar-refractivity contribution in [2.45, 2.75) is 12.8 Å². The first-order valence-electron chi connectivity index (χ1n) is 5.54. The van der Waals surface area contributed by atoms with E-state index in [9.17, 15) is 10.1 Å². The van der Waals surface area contributed by atoms with Crippen LogP contribution in [0.15, 0.2) is 35.8 Å². The fraction of sp³-hybridized carbons (Fsp3) is 0.250. The Morgan fingerprint density at radius 1 is 1.56 bits per heavy atom. The molecule has 0 aliphatic heterocycles. The standard InChI is InChI=1S/C12H13N3O2S/c1-9(12-13-5-6-18-12)8-14-10-3-2-4-11(7-10)15(16)17/h2-7,9,14H,8H2,1H3. The lowest BCUT2D eigenvalue weighted by Gasteiger charge is -2.10. The van der Waals surface area contributed by atoms with Gasteiger partial charge in [-0.3, -0.25) is 10.1 Å². The maximum Gasteiger partial charge on any atom is 0.271 e. The Labute approximate surface area is 109 Å². The number of thiazole rings is 1. The smallest absolute Gasteiger partial charge is 0.271 e. The molecule has 0 spiro atoms. The van der Waals surface area contributed by atoms with Gasteiger partial charge in [0.1, 0.15) is 0 Å². The maximum atomic E-state index is 10.6. The number of nitrogens with one attached hydrogen (secondary N) is 1. The van der Waals surface area contributed by atoms with Crippen LogP contribution in [-0.4, -0.2) is 16.5 Å². The van der Waals surface area contributed by atoms with E-state index >= 15 is 0 Å². The second-order valence-electron chi connectivity index (χ2n) is 3.96. The van der Waals surface area contributed by atoms with Gasteiger partial charge in [-0.1, -0.05) is 13.0 Å². The highest BCUT2D eigenvalue weighted by Gasteiger charge is 2.09. The fourth-order valence-corrected chi connectivity index (χ4v) is 2.26. The van der Waals surface area contributed by atoms with Crippen molar-refractivity contribution in [2.75, 3.05) is 11.9 Å². The molecule has 0 saturated heterocycles. The summed E-state index contributed by atoms with van der Waals surface area (Å²) in [4.78, 5) is 14.5. The third kappa shape index (κ3) is 3.04. The number of aromatic nitrogens is 1. The predicted molar refractivity (Wildman–Crippen MR) is 72.1 cm³/mol. The second-order valence-corrected chi connectivity index (χ2v) is 4.89. The summed E-state index contributed by atoms with van der Waals surface area (Å²) < 4.78 is 0. The molecule has 0 amide bonds. The molecule has 1 atom stereocenters. The molecule has 0 aliphatic carbocycles. The lowest BCUT2D eigenvalue weighted by molar-refractivity contribution is -0.384. The molecule has 1 aromatic heterocycles. The van der Waals surface area contributed by atoms with Crippen LogP contribution in [-0.2, 0) is 0 Å². The molecule has 0 saturated carbocycles. The van der Waals surface area contributed by atoms with Gasteiger partial charge in [0, 0.05) is 41.9 Å². The minimum absolute atomic E-state index is 0.0990. The maximum absolute atomic E-state index is 10.6. The van der Waals surface area contributed by atoms with Gasteiger partial charge in [0.05, 0.1) is 9.93 Å². The van der Waals surface area contributed by atoms with Gasteiger partial charge in [-0.25, -0.2) is 4.98 Å². The van der Waals surface area contributed by atoms with Crippen LogP contribution in [0.25, 0.3) is 0 Å². The largest absolute Gasteiger partial charge is 0.384 e. The van der Waals surface area contributed by atoms with Gasteiger partial charge in [0.25, 0.3) is 5.69 Å². The monoisotopic (exact) mass is 263 g/mol. The first kappa shape index (κ1) is 12.5. The summed E-state index contributed by atoms with van der Waals surface area (Å²) in [6, 6.07) is 6.51. The van der Waals surface area contributed by atoms with Crippen molar-refractivity contribution in [3.8, 4) is 0 Å². The van der Waals surface area contributed by atoms with Crippen LogP contribution in [0.5, 0.6) is 0 Å². The summed E-state index contributed by atoms with van der Waals surface area (Å²) in [6.07, 6.45) is 1.78. The number of non-ortho nitro benzene ring substituents is 1. The average molecular weight is 263 g/mol. The van der Waals surface area contributed by atoms with Gasteiger partial charge in [-0.05, 0) is 6.07 Å². The Balaban J connectivity index is 1.98. The molecular formula is C12H13N3O2S. The number of hydrogen-bond acceptors (Lipinski definition) is 5. The molecule has 0 radical (unpaired) electrons. The number of hydrogen-bond donors (Lipinski definition) is 1. The van der Waals surface area contributed by atoms with Gasteiger partial charge >= 0.3 is 0 Å². The van der Waals surface area contributed by atoms with Crippen molar-refractivity contribution in [2.24, 2.45) is 0 Å². The SMILES string of the molecule is CC(CNc1cccc([N+](=O)[O-])c1)c1nccs1. The molecule has 18 heavy (non-hydrogen) atoms. The van der Waals surface area contributed by atoms with Crippen molar-refractivity contribution >= 4 is 22.7 Å². The second kappa shape index (κ2) is 5.59. The van der Waals surface area contributed by atoms with E-state index in [1.807, 2.05) is 11.4 Å². The Kier molecular flexibility index (Phi) is 3.88. The average Bonchev–Trinajstić information content (AvgIpc) is 2.90. The van der Waals surface area contributed by atoms with E-state index in [1.54, 1.807) is 23.6 Å². The van der Waals surface area contributed by atoms with Gasteiger partial charge < -0.3 is 5.32 Å². The molecule has 1 heterocycles. The third-order valence-corrected chi connectivity index (χ3v) is 3.55. The summed E-state index contributed by atoms with van der Waals surface area (Å²) in [7, 11) is 0. The predicted octanol–water partition coefficient (Wildman–Crippen LogP) is 3.27. The van der Waals surface area contributed by atoms with Gasteiger partial charge in [0.15, 0.2) is 0 Å². The Hall–Kier alpha value is -1.95. The van der Waals surface area contributed by atoms with E-state index in [4.69, 9.17) is 0 Å². The highest BCUT2D eigenvalue weighted by atomic mass is 32.1. The molecule has 6 heteroatoms. The molecular weight excluding hydrogens is 250 g/mol. The number of nitro benzene ring substituents is 1. The van der Waals surface area contributed by atoms with Gasteiger partial charge in [-0.15, -0.1) is 11.3 Å². The lowest BCUT2D eigenvalue weighted by atomic mass is 10.2. The summed E-state index contributed by atoms with van der Waals surface area (Å²) in [6.45, 7) is 2.78. The van der Waals surface area contributed by atoms with E-state index in [0.717, 1.165) is 10.7 Å². The normalized spacial score (nSPS) is 12.1. The summed E-state index contributed by atoms with van der Waals surface area (Å²) in [5.74, 6) is 0.282. The molecule has 2 aromatic rings. The first-order chi connectivity index (χ1) is 8.66. The van der Waals surface area contributed by atoms with Crippen LogP contribution in [0.4, 0.5) is 11.4 Å². The van der Waals surface area contributed by atoms with Crippen LogP contribution >= 0.6 is 11.3 Å². The van der Waals surface area contributed by atoms with Crippen molar-refractivity contribution in [3.63, 3.8) is 0 Å². The van der Waals surface area contributed by atoms with Crippen LogP contribution in [0.3, 0.4) is 0 Å². The number of benzene rings is 1. The van der Waals surface area contributed by atoms with Crippen molar-refractivity contribution < 1.29 is 4.92 Å². The molecule has 5 nitrogen and oxygen atoms in total. The molecule has 2 rings (SSSR count). The Bertz CT molecular complexity index is 528. The number of nitrogens with zero attached hydrogens (tertiary/aromatic N) is 2. The first-order valence-corrected chi connectivity index (χ1v) is 6.42. The van der Waals surface area contributed by atoms with E-state index in [-0.39, 0.29) is 11.6 Å². The molecule has 0 fully saturated rings. The van der Waals surface area contributed by atoms with E-state index in [2.05, 4.69) is 17.2 Å². The minimum Gasteiger partial charge on any atom is -0.384 e. The molecule has 0 aliphatic rings. The van der Waals surface area contributed by atoms with Crippen molar-refractivity contribution in [1.29, 1.82) is 0 Å². The van der Waals surface area contributed by atoms with E-state index in [1.165, 1.54) is 12.1 Å². The third-order valence-electron chi connectivity index (χ3n) is 2.54. The van der Waals surface area contributed by atoms with E-state index < -0.39 is 4.92 Å². The summed E-state index contributed by atoms with van der Waals surface area (Å²) in [5, 5.41) is 16.8. The molecule has 1 unspecified atom stereocenters. The summed E-state index contributed by atoms with van der Waals surface area (Å²) in [5.41, 5.74) is 0.856. The highest BCUT2D eigenvalue weighted by Crippen LogP contribution is 2.20. The van der Waals surface area contributed by atoms with Gasteiger partial charge in [-0.2, -0.15) is 0 Å². The minimum atomic E-state index is -0.393. The summed E-state index contributed by atoms with van der Waals surface area (Å²) >= 11 is 1.61. The quantitative estimate of drug-likeness (QED) is 0.664. The van der Waals surface area contributed by atoms with Crippen molar-refractivity contribution in [3.05, 3.63) is 51.0 Å². The molecule has 0 bridgehead atoms. The number of anilines is 1. The molecule has 1 N–H and O–H groups in total.